The van der Waals surface area contributed by atoms with Crippen molar-refractivity contribution in [3.05, 3.63) is 169 Å². The highest BCUT2D eigenvalue weighted by Crippen LogP contribution is 2.40. The van der Waals surface area contributed by atoms with Gasteiger partial charge in [0.1, 0.15) is 112 Å². The van der Waals surface area contributed by atoms with Gasteiger partial charge in [-0.2, -0.15) is 0 Å². The van der Waals surface area contributed by atoms with E-state index in [0.29, 0.717) is 82.6 Å². The number of piperidine rings is 2. The third-order valence-electron chi connectivity index (χ3n) is 14.4. The van der Waals surface area contributed by atoms with Gasteiger partial charge in [-0.15, -0.1) is 0 Å². The zero-order valence-electron chi connectivity index (χ0n) is 47.7. The summed E-state index contributed by atoms with van der Waals surface area (Å²) in [4.78, 5) is 48.8. The molecule has 2 atom stereocenters. The molecule has 0 radical (unpaired) electrons. The van der Waals surface area contributed by atoms with Crippen LogP contribution in [0.4, 0.5) is 25.2 Å². The number of aromatic nitrogens is 10. The molecule has 85 heavy (non-hydrogen) atoms. The van der Waals surface area contributed by atoms with E-state index in [1.807, 2.05) is 70.3 Å². The average Bonchev–Trinajstić information content (AvgIpc) is 2.32. The van der Waals surface area contributed by atoms with Crippen molar-refractivity contribution in [3.63, 3.8) is 0 Å². The lowest BCUT2D eigenvalue weighted by Gasteiger charge is -2.34. The van der Waals surface area contributed by atoms with Crippen molar-refractivity contribution in [2.24, 2.45) is 0 Å². The van der Waals surface area contributed by atoms with Gasteiger partial charge in [0.05, 0.1) is 16.8 Å². The van der Waals surface area contributed by atoms with E-state index in [0.717, 1.165) is 88.6 Å². The zero-order valence-corrected chi connectivity index (χ0v) is 47.7. The maximum absolute atomic E-state index is 14.4. The minimum absolute atomic E-state index is 0.0163. The monoisotopic (exact) mass is 1150 g/mol. The molecule has 20 nitrogen and oxygen atoms in total. The summed E-state index contributed by atoms with van der Waals surface area (Å²) in [7, 11) is 0. The first kappa shape index (κ1) is 57.0. The van der Waals surface area contributed by atoms with Gasteiger partial charge in [0.25, 0.3) is 0 Å². The molecular formula is C63H64F2N14O6. The largest absolute Gasteiger partial charge is 0.489 e. The predicted octanol–water partition coefficient (Wildman–Crippen LogP) is 12.1. The Hall–Kier alpha value is -9.83. The number of rotatable bonds is 14. The molecule has 5 N–H and O–H groups in total. The number of carbonyl (C=O) groups excluding carboxylic acids is 1. The normalized spacial score (nSPS) is 15.3. The lowest BCUT2D eigenvalue weighted by molar-refractivity contribution is 0.0174. The smallest absolute Gasteiger partial charge is 0.410 e. The number of benzene rings is 4. The first-order valence-electron chi connectivity index (χ1n) is 27.9. The van der Waals surface area contributed by atoms with Gasteiger partial charge in [-0.3, -0.25) is 0 Å². The highest BCUT2D eigenvalue weighted by molar-refractivity contribution is 6.01. The van der Waals surface area contributed by atoms with Crippen LogP contribution in [0.5, 0.6) is 34.5 Å². The van der Waals surface area contributed by atoms with E-state index in [9.17, 15) is 13.6 Å². The summed E-state index contributed by atoms with van der Waals surface area (Å²) in [5.41, 5.74) is 18.9. The fourth-order valence-electron chi connectivity index (χ4n) is 10.3. The Bertz CT molecular complexity index is 3960. The van der Waals surface area contributed by atoms with Crippen LogP contribution in [0.1, 0.15) is 81.3 Å². The van der Waals surface area contributed by atoms with Gasteiger partial charge in [-0.1, -0.05) is 24.3 Å². The number of hydrogen-bond acceptors (Lipinski definition) is 17. The van der Waals surface area contributed by atoms with Crippen LogP contribution in [0.2, 0.25) is 0 Å². The molecule has 10 aromatic rings. The van der Waals surface area contributed by atoms with Crippen LogP contribution in [0.15, 0.2) is 135 Å². The molecule has 1 unspecified atom stereocenters. The fourth-order valence-corrected chi connectivity index (χ4v) is 10.3. The lowest BCUT2D eigenvalue weighted by Crippen LogP contribution is -2.43. The van der Waals surface area contributed by atoms with Crippen molar-refractivity contribution in [3.8, 4) is 56.8 Å². The number of nitrogens with zero attached hydrogens (tertiary/aromatic N) is 11. The third-order valence-corrected chi connectivity index (χ3v) is 14.4. The number of ether oxygens (including phenoxy) is 5. The SMILES string of the molecule is Cc1ncc(COc2cc(F)cc(Oc3ccc(-c4cn(C5CCCNC5)c5ncnc(N)c45)cc3)c2)cn1.Cc1ncc(COc2cc(F)cc(Oc3ccc(-c4cn([C@@H]5CCCN(C(=O)OC(C)(C)C)C5)c5ncnc(N)c45)cc3)c2)cn1. The summed E-state index contributed by atoms with van der Waals surface area (Å²) >= 11 is 0. The van der Waals surface area contributed by atoms with Gasteiger partial charge in [-0.05, 0) is 102 Å². The van der Waals surface area contributed by atoms with Crippen LogP contribution >= 0.6 is 0 Å². The highest BCUT2D eigenvalue weighted by Gasteiger charge is 2.31. The lowest BCUT2D eigenvalue weighted by atomic mass is 10.1. The molecule has 2 aliphatic rings. The molecule has 2 fully saturated rings. The molecule has 12 rings (SSSR count). The molecule has 436 valence electrons. The Labute approximate surface area is 489 Å². The number of anilines is 2. The molecule has 22 heteroatoms. The van der Waals surface area contributed by atoms with Gasteiger partial charge in [0, 0.05) is 122 Å². The second-order valence-electron chi connectivity index (χ2n) is 21.9. The Morgan fingerprint density at radius 2 is 1.06 bits per heavy atom. The number of carbonyl (C=O) groups is 1. The molecule has 2 aliphatic heterocycles. The molecular weight excluding hydrogens is 1090 g/mol. The first-order chi connectivity index (χ1) is 41.0. The minimum Gasteiger partial charge on any atom is -0.489 e. The minimum atomic E-state index is -0.572. The van der Waals surface area contributed by atoms with Crippen LogP contribution in [-0.4, -0.2) is 91.8 Å². The van der Waals surface area contributed by atoms with E-state index < -0.39 is 17.2 Å². The maximum Gasteiger partial charge on any atom is 0.410 e. The van der Waals surface area contributed by atoms with Gasteiger partial charge in [0.15, 0.2) is 0 Å². The summed E-state index contributed by atoms with van der Waals surface area (Å²) in [5, 5.41) is 5.03. The zero-order chi connectivity index (χ0) is 59.2. The number of amides is 1. The topological polar surface area (TPSA) is 244 Å². The van der Waals surface area contributed by atoms with Gasteiger partial charge in [0.2, 0.25) is 0 Å². The Kier molecular flexibility index (Phi) is 16.7. The molecule has 2 saturated heterocycles. The van der Waals surface area contributed by atoms with E-state index in [1.54, 1.807) is 60.9 Å². The predicted molar refractivity (Wildman–Crippen MR) is 317 cm³/mol. The molecule has 0 spiro atoms. The fraction of sp³-hybridized carbons (Fsp3) is 0.286. The van der Waals surface area contributed by atoms with Crippen LogP contribution in [0.25, 0.3) is 44.3 Å². The highest BCUT2D eigenvalue weighted by atomic mass is 19.1. The number of aryl methyl sites for hydroxylation is 2. The summed E-state index contributed by atoms with van der Waals surface area (Å²) in [6, 6.07) is 23.8. The van der Waals surface area contributed by atoms with Crippen LogP contribution in [0.3, 0.4) is 0 Å². The Balaban J connectivity index is 0.000000179. The van der Waals surface area contributed by atoms with Crippen LogP contribution in [0, 0.1) is 25.5 Å². The van der Waals surface area contributed by atoms with Crippen molar-refractivity contribution in [2.45, 2.75) is 91.2 Å². The van der Waals surface area contributed by atoms with Gasteiger partial charge in [-0.25, -0.2) is 53.4 Å². The summed E-state index contributed by atoms with van der Waals surface area (Å²) < 4.78 is 62.1. The average molecular weight is 1150 g/mol. The number of nitrogens with one attached hydrogen (secondary N) is 1. The third kappa shape index (κ3) is 13.8. The quantitative estimate of drug-likeness (QED) is 0.0916. The van der Waals surface area contributed by atoms with Crippen molar-refractivity contribution in [1.29, 1.82) is 0 Å². The summed E-state index contributed by atoms with van der Waals surface area (Å²) in [6.45, 7) is 12.7. The van der Waals surface area contributed by atoms with Crippen molar-refractivity contribution in [1.82, 2.24) is 59.2 Å². The molecule has 8 heterocycles. The molecule has 0 saturated carbocycles. The Morgan fingerprint density at radius 3 is 1.52 bits per heavy atom. The summed E-state index contributed by atoms with van der Waals surface area (Å²) in [5.74, 6) is 3.58. The number of hydrogen-bond donors (Lipinski definition) is 3. The van der Waals surface area contributed by atoms with E-state index in [-0.39, 0.29) is 25.3 Å². The van der Waals surface area contributed by atoms with E-state index in [2.05, 4.69) is 60.5 Å². The van der Waals surface area contributed by atoms with Gasteiger partial charge >= 0.3 is 6.09 Å². The second-order valence-corrected chi connectivity index (χ2v) is 21.9. The number of likely N-dealkylation sites (tertiary alicyclic amines) is 1. The second kappa shape index (κ2) is 24.9. The maximum atomic E-state index is 14.4. The number of halogens is 2. The Morgan fingerprint density at radius 1 is 0.600 bits per heavy atom. The molecule has 1 amide bonds. The van der Waals surface area contributed by atoms with Crippen molar-refractivity contribution in [2.75, 3.05) is 37.6 Å². The van der Waals surface area contributed by atoms with E-state index in [4.69, 9.17) is 35.2 Å². The standard InChI is InChI=1S/C34H36FN7O4.C29H28FN7O2/c1-21-37-15-22(16-38-21)19-44-27-12-24(35)13-28(14-27)45-26-9-7-23(8-10-26)29-18-42(32-30(29)31(36)39-20-40-32)25-6-5-11-41(17-25)33(43)46-34(2,3)4;1-18-33-12-19(13-34-18)16-38-24-9-21(30)10-25(11-24)39-23-6-4-20(5-7-23)26-15-37(22-3-2-8-32-14-22)29-27(26)28(31)35-17-36-29/h7-10,12-16,18,20,25H,5-6,11,17,19H2,1-4H3,(H2,36,39,40);4-7,9-13,15,17,22,32H,2-3,8,14,16H2,1H3,(H2,31,35,36)/t25-;/m1./s1. The summed E-state index contributed by atoms with van der Waals surface area (Å²) in [6.07, 6.45) is 17.4. The number of nitrogens with two attached hydrogens (primary N) is 2. The molecule has 0 aliphatic carbocycles. The van der Waals surface area contributed by atoms with E-state index in [1.165, 1.54) is 36.9 Å². The number of fused-ring (bicyclic) bond motifs is 2. The molecule has 4 aromatic carbocycles. The van der Waals surface area contributed by atoms with Crippen molar-refractivity contribution < 1.29 is 37.3 Å². The van der Waals surface area contributed by atoms with Gasteiger partial charge < -0.3 is 54.5 Å². The number of nitrogen functional groups attached to an aromatic ring is 2. The first-order valence-corrected chi connectivity index (χ1v) is 27.9. The van der Waals surface area contributed by atoms with Crippen molar-refractivity contribution >= 4 is 39.8 Å². The molecule has 6 aromatic heterocycles. The van der Waals surface area contributed by atoms with Crippen LogP contribution < -0.4 is 35.7 Å². The molecule has 0 bridgehead atoms. The van der Waals surface area contributed by atoms with Crippen LogP contribution in [-0.2, 0) is 18.0 Å². The van der Waals surface area contributed by atoms with E-state index >= 15 is 0 Å².